The van der Waals surface area contributed by atoms with Crippen LogP contribution in [0.4, 0.5) is 0 Å². The first-order chi connectivity index (χ1) is 18.3. The first-order valence-electron chi connectivity index (χ1n) is 15.0. The zero-order chi connectivity index (χ0) is 28.5. The van der Waals surface area contributed by atoms with Crippen LogP contribution in [0.15, 0.2) is 11.6 Å². The van der Waals surface area contributed by atoms with Crippen LogP contribution in [-0.2, 0) is 33.4 Å². The highest BCUT2D eigenvalue weighted by Crippen LogP contribution is 2.66. The molecule has 0 amide bonds. The quantitative estimate of drug-likeness (QED) is 0.200. The van der Waals surface area contributed by atoms with E-state index in [2.05, 4.69) is 19.9 Å². The second kappa shape index (κ2) is 11.7. The fourth-order valence-corrected chi connectivity index (χ4v) is 8.96. The second-order valence-electron chi connectivity index (χ2n) is 13.4. The fourth-order valence-electron chi connectivity index (χ4n) is 8.96. The molecule has 4 rings (SSSR count). The highest BCUT2D eigenvalue weighted by Gasteiger charge is 2.63. The highest BCUT2D eigenvalue weighted by molar-refractivity contribution is 5.81. The lowest BCUT2D eigenvalue weighted by Crippen LogP contribution is -2.51. The molecule has 7 nitrogen and oxygen atoms in total. The molecule has 3 fully saturated rings. The molecule has 0 aromatic rings. The Morgan fingerprint density at radius 3 is 2.41 bits per heavy atom. The van der Waals surface area contributed by atoms with Gasteiger partial charge >= 0.3 is 17.9 Å². The Kier molecular flexibility index (Phi) is 8.97. The number of hydrogen-bond donors (Lipinski definition) is 0. The number of carbonyl (C=O) groups is 4. The van der Waals surface area contributed by atoms with Gasteiger partial charge in [-0.1, -0.05) is 32.4 Å². The Morgan fingerprint density at radius 2 is 1.74 bits per heavy atom. The number of ketones is 1. The van der Waals surface area contributed by atoms with Gasteiger partial charge in [0.05, 0.1) is 12.5 Å². The molecule has 39 heavy (non-hydrogen) atoms. The van der Waals surface area contributed by atoms with Crippen LogP contribution >= 0.6 is 0 Å². The zero-order valence-electron chi connectivity index (χ0n) is 24.8. The van der Waals surface area contributed by atoms with Crippen LogP contribution in [0.5, 0.6) is 0 Å². The highest BCUT2D eigenvalue weighted by atomic mass is 16.5. The van der Waals surface area contributed by atoms with E-state index in [-0.39, 0.29) is 58.6 Å². The average Bonchev–Trinajstić information content (AvgIpc) is 3.14. The number of Topliss-reactive ketones (excluding diaryl/α,β-unsaturated/α-hetero) is 1. The van der Waals surface area contributed by atoms with E-state index in [0.717, 1.165) is 51.4 Å². The summed E-state index contributed by atoms with van der Waals surface area (Å²) in [4.78, 5) is 48.5. The normalized spacial score (nSPS) is 37.8. The summed E-state index contributed by atoms with van der Waals surface area (Å²) in [6.45, 7) is 11.6. The number of carbonyl (C=O) groups excluding carboxylic acids is 4. The van der Waals surface area contributed by atoms with Crippen molar-refractivity contribution in [1.82, 2.24) is 0 Å². The summed E-state index contributed by atoms with van der Waals surface area (Å²) in [6, 6.07) is 0. The lowest BCUT2D eigenvalue weighted by molar-refractivity contribution is -0.154. The molecule has 0 aromatic heterocycles. The minimum atomic E-state index is -0.361. The summed E-state index contributed by atoms with van der Waals surface area (Å²) < 4.78 is 16.7. The number of hydrogen-bond acceptors (Lipinski definition) is 7. The van der Waals surface area contributed by atoms with Crippen molar-refractivity contribution in [3.8, 4) is 0 Å². The molecule has 0 bridgehead atoms. The van der Waals surface area contributed by atoms with Crippen LogP contribution in [0.1, 0.15) is 106 Å². The molecule has 4 aliphatic rings. The topological polar surface area (TPSA) is 96.0 Å². The molecular formula is C32H48O7. The molecule has 0 radical (unpaired) electrons. The summed E-state index contributed by atoms with van der Waals surface area (Å²) in [5, 5.41) is 0. The Hall–Kier alpha value is -2.18. The predicted octanol–water partition coefficient (Wildman–Crippen LogP) is 5.98. The van der Waals surface area contributed by atoms with E-state index in [9.17, 15) is 19.2 Å². The maximum absolute atomic E-state index is 13.0. The predicted molar refractivity (Wildman–Crippen MR) is 146 cm³/mol. The average molecular weight is 545 g/mol. The van der Waals surface area contributed by atoms with Crippen molar-refractivity contribution in [2.24, 2.45) is 40.4 Å². The van der Waals surface area contributed by atoms with Gasteiger partial charge in [0, 0.05) is 26.7 Å². The second-order valence-corrected chi connectivity index (χ2v) is 13.4. The van der Waals surface area contributed by atoms with Crippen LogP contribution in [0.2, 0.25) is 0 Å². The SMILES string of the molecule is CC(=O)OC[C@@H](C)CCCC(=O)OC1CC2C3CC=C4C[C@@H](OC(C)=O)CC[C@]4(C)C3CC[C@]2(C)C1C(C)=O. The van der Waals surface area contributed by atoms with Gasteiger partial charge < -0.3 is 14.2 Å². The number of rotatable bonds is 9. The van der Waals surface area contributed by atoms with Gasteiger partial charge in [0.25, 0.3) is 0 Å². The first-order valence-corrected chi connectivity index (χ1v) is 15.0. The van der Waals surface area contributed by atoms with Crippen molar-refractivity contribution in [1.29, 1.82) is 0 Å². The summed E-state index contributed by atoms with van der Waals surface area (Å²) >= 11 is 0. The largest absolute Gasteiger partial charge is 0.466 e. The molecule has 0 aromatic carbocycles. The van der Waals surface area contributed by atoms with Gasteiger partial charge in [-0.2, -0.15) is 0 Å². The Bertz CT molecular complexity index is 1000. The van der Waals surface area contributed by atoms with Gasteiger partial charge in [-0.25, -0.2) is 0 Å². The Morgan fingerprint density at radius 1 is 1.00 bits per heavy atom. The van der Waals surface area contributed by atoms with Crippen LogP contribution in [-0.4, -0.2) is 42.5 Å². The minimum Gasteiger partial charge on any atom is -0.466 e. The van der Waals surface area contributed by atoms with Crippen LogP contribution in [0.25, 0.3) is 0 Å². The molecule has 9 atom stereocenters. The number of allylic oxidation sites excluding steroid dienone is 1. The third-order valence-corrected chi connectivity index (χ3v) is 10.8. The van der Waals surface area contributed by atoms with Crippen molar-refractivity contribution in [3.05, 3.63) is 11.6 Å². The summed E-state index contributed by atoms with van der Waals surface area (Å²) in [7, 11) is 0. The zero-order valence-corrected chi connectivity index (χ0v) is 24.8. The van der Waals surface area contributed by atoms with E-state index in [4.69, 9.17) is 14.2 Å². The van der Waals surface area contributed by atoms with E-state index < -0.39 is 0 Å². The molecule has 218 valence electrons. The number of ether oxygens (including phenoxy) is 3. The maximum Gasteiger partial charge on any atom is 0.306 e. The van der Waals surface area contributed by atoms with Crippen LogP contribution in [0, 0.1) is 40.4 Å². The third-order valence-electron chi connectivity index (χ3n) is 10.8. The van der Waals surface area contributed by atoms with Gasteiger partial charge in [0.2, 0.25) is 0 Å². The van der Waals surface area contributed by atoms with Crippen molar-refractivity contribution < 1.29 is 33.4 Å². The first kappa shape index (κ1) is 29.8. The van der Waals surface area contributed by atoms with E-state index in [1.165, 1.54) is 19.4 Å². The molecular weight excluding hydrogens is 496 g/mol. The lowest BCUT2D eigenvalue weighted by Gasteiger charge is -2.57. The Balaban J connectivity index is 1.42. The molecule has 0 spiro atoms. The standard InChI is InChI=1S/C32H48O7/c1-19(18-37-21(3)34)8-7-9-29(36)39-28-17-27-25-11-10-23-16-24(38-22(4)35)12-14-31(23,5)26(25)13-15-32(27,6)30(28)20(2)33/h10,19,24-28,30H,7-9,11-18H2,1-6H3/t19-,24-,25?,26?,27?,28?,30?,31-,32-/m0/s1. The molecule has 0 saturated heterocycles. The molecule has 3 saturated carbocycles. The molecule has 0 N–H and O–H groups in total. The van der Waals surface area contributed by atoms with Gasteiger partial charge in [-0.15, -0.1) is 0 Å². The summed E-state index contributed by atoms with van der Waals surface area (Å²) in [5.41, 5.74) is 1.38. The van der Waals surface area contributed by atoms with E-state index in [0.29, 0.717) is 37.2 Å². The van der Waals surface area contributed by atoms with Crippen LogP contribution < -0.4 is 0 Å². The van der Waals surface area contributed by atoms with Crippen molar-refractivity contribution in [2.45, 2.75) is 118 Å². The minimum absolute atomic E-state index is 0.0192. The van der Waals surface area contributed by atoms with Crippen LogP contribution in [0.3, 0.4) is 0 Å². The van der Waals surface area contributed by atoms with Crippen molar-refractivity contribution in [2.75, 3.05) is 6.61 Å². The summed E-state index contributed by atoms with van der Waals surface area (Å²) in [5.74, 6) is 0.683. The molecule has 7 heteroatoms. The van der Waals surface area contributed by atoms with Crippen molar-refractivity contribution in [3.63, 3.8) is 0 Å². The van der Waals surface area contributed by atoms with Gasteiger partial charge in [-0.05, 0) is 92.8 Å². The smallest absolute Gasteiger partial charge is 0.306 e. The van der Waals surface area contributed by atoms with Gasteiger partial charge in [-0.3, -0.25) is 19.2 Å². The third kappa shape index (κ3) is 6.12. The fraction of sp³-hybridized carbons (Fsp3) is 0.812. The molecule has 0 aliphatic heterocycles. The van der Waals surface area contributed by atoms with Gasteiger partial charge in [0.1, 0.15) is 18.0 Å². The maximum atomic E-state index is 13.0. The Labute approximate surface area is 233 Å². The summed E-state index contributed by atoms with van der Waals surface area (Å²) in [6.07, 6.45) is 10.3. The monoisotopic (exact) mass is 544 g/mol. The number of esters is 3. The van der Waals surface area contributed by atoms with Crippen molar-refractivity contribution >= 4 is 23.7 Å². The lowest BCUT2D eigenvalue weighted by atomic mass is 9.47. The molecule has 0 heterocycles. The van der Waals surface area contributed by atoms with E-state index in [1.54, 1.807) is 6.92 Å². The van der Waals surface area contributed by atoms with E-state index >= 15 is 0 Å². The van der Waals surface area contributed by atoms with E-state index in [1.807, 2.05) is 6.92 Å². The molecule has 4 aliphatic carbocycles. The number of fused-ring (bicyclic) bond motifs is 5. The molecule has 5 unspecified atom stereocenters. The van der Waals surface area contributed by atoms with Gasteiger partial charge in [0.15, 0.2) is 0 Å².